The Morgan fingerprint density at radius 1 is 1.14 bits per heavy atom. The molecule has 11 heteroatoms. The lowest BCUT2D eigenvalue weighted by Gasteiger charge is -2.36. The lowest BCUT2D eigenvalue weighted by Crippen LogP contribution is -2.55. The highest BCUT2D eigenvalue weighted by Gasteiger charge is 2.62. The molecule has 1 aromatic heterocycles. The fourth-order valence-corrected chi connectivity index (χ4v) is 6.05. The van der Waals surface area contributed by atoms with E-state index in [-0.39, 0.29) is 36.5 Å². The first-order valence-corrected chi connectivity index (χ1v) is 11.9. The Labute approximate surface area is 210 Å². The summed E-state index contributed by atoms with van der Waals surface area (Å²) in [5.41, 5.74) is 1.40. The molecule has 2 bridgehead atoms. The lowest BCUT2D eigenvalue weighted by molar-refractivity contribution is -0.120. The van der Waals surface area contributed by atoms with Crippen molar-refractivity contribution in [2.75, 3.05) is 23.6 Å². The van der Waals surface area contributed by atoms with Crippen LogP contribution in [0.5, 0.6) is 11.5 Å². The van der Waals surface area contributed by atoms with Crippen molar-refractivity contribution in [1.29, 1.82) is 5.26 Å². The third kappa shape index (κ3) is 2.82. The van der Waals surface area contributed by atoms with E-state index in [9.17, 15) is 14.9 Å². The summed E-state index contributed by atoms with van der Waals surface area (Å²) in [4.78, 5) is 36.3. The standard InChI is InChI=1S/C25H18N6O4S/c26-9-17-15-3-1-2-4-16(15)19(10-27-17)31-23(32)22-18-8-14(30(22)25(31)33)11-29(18)24(36)28-13-5-6-20-21(7-13)35-12-34-20/h1-7,10,14,18,22H,8,11-12H2,(H,28,36)/t14-,18?,22-/m1/s1. The average Bonchev–Trinajstić information content (AvgIpc) is 3.66. The van der Waals surface area contributed by atoms with E-state index in [2.05, 4.69) is 16.4 Å². The normalized spacial score (nSPS) is 23.4. The summed E-state index contributed by atoms with van der Waals surface area (Å²) in [5, 5.41) is 14.4. The monoisotopic (exact) mass is 498 g/mol. The molecule has 1 N–H and O–H groups in total. The first-order valence-electron chi connectivity index (χ1n) is 11.5. The summed E-state index contributed by atoms with van der Waals surface area (Å²) >= 11 is 5.70. The number of thiocarbonyl (C=S) groups is 1. The Hall–Kier alpha value is -4.43. The van der Waals surface area contributed by atoms with Crippen LogP contribution in [0.25, 0.3) is 10.8 Å². The molecule has 0 spiro atoms. The van der Waals surface area contributed by atoms with Crippen molar-refractivity contribution in [2.24, 2.45) is 0 Å². The molecule has 1 unspecified atom stereocenters. The molecule has 3 aromatic rings. The van der Waals surface area contributed by atoms with E-state index in [1.165, 1.54) is 11.1 Å². The number of ether oxygens (including phenoxy) is 2. The van der Waals surface area contributed by atoms with Crippen LogP contribution >= 0.6 is 12.2 Å². The number of nitriles is 1. The number of likely N-dealkylation sites (tertiary alicyclic amines) is 1. The van der Waals surface area contributed by atoms with Crippen LogP contribution in [-0.4, -0.2) is 63.3 Å². The minimum absolute atomic E-state index is 0.129. The van der Waals surface area contributed by atoms with Gasteiger partial charge in [-0.2, -0.15) is 5.26 Å². The van der Waals surface area contributed by atoms with Gasteiger partial charge >= 0.3 is 6.03 Å². The molecule has 2 aromatic carbocycles. The molecule has 3 amide bonds. The molecule has 3 saturated heterocycles. The van der Waals surface area contributed by atoms with Crippen LogP contribution in [0.4, 0.5) is 16.2 Å². The second-order valence-corrected chi connectivity index (χ2v) is 9.45. The fourth-order valence-electron chi connectivity index (χ4n) is 5.73. The number of piperazine rings is 1. The van der Waals surface area contributed by atoms with E-state index in [0.29, 0.717) is 46.0 Å². The molecule has 3 fully saturated rings. The zero-order valence-corrected chi connectivity index (χ0v) is 19.6. The van der Waals surface area contributed by atoms with Gasteiger partial charge in [0.25, 0.3) is 5.91 Å². The van der Waals surface area contributed by atoms with E-state index < -0.39 is 6.04 Å². The van der Waals surface area contributed by atoms with Gasteiger partial charge in [0.2, 0.25) is 6.79 Å². The number of hydrogen-bond donors (Lipinski definition) is 1. The lowest BCUT2D eigenvalue weighted by atomic mass is 10.1. The van der Waals surface area contributed by atoms with Gasteiger partial charge in [0, 0.05) is 29.1 Å². The second-order valence-electron chi connectivity index (χ2n) is 9.07. The summed E-state index contributed by atoms with van der Waals surface area (Å²) in [6.07, 6.45) is 2.11. The van der Waals surface area contributed by atoms with Gasteiger partial charge in [0.05, 0.1) is 24.0 Å². The largest absolute Gasteiger partial charge is 0.454 e. The van der Waals surface area contributed by atoms with Crippen LogP contribution < -0.4 is 19.7 Å². The maximum Gasteiger partial charge on any atom is 0.332 e. The Morgan fingerprint density at radius 2 is 1.94 bits per heavy atom. The number of carbonyl (C=O) groups is 2. The zero-order valence-electron chi connectivity index (χ0n) is 18.7. The number of imide groups is 1. The third-order valence-corrected chi connectivity index (χ3v) is 7.61. The average molecular weight is 499 g/mol. The molecule has 7 rings (SSSR count). The number of carbonyl (C=O) groups excluding carboxylic acids is 2. The SMILES string of the molecule is N#Cc1ncc(N2C(=O)[C@H]3C4C[C@H](CN4C(=S)Nc4ccc5c(c4)OCO5)N3C2=O)c2ccccc12. The minimum atomic E-state index is -0.637. The number of nitrogens with one attached hydrogen (secondary N) is 1. The van der Waals surface area contributed by atoms with Crippen molar-refractivity contribution < 1.29 is 19.1 Å². The van der Waals surface area contributed by atoms with Crippen molar-refractivity contribution >= 4 is 51.4 Å². The number of aromatic nitrogens is 1. The number of pyridine rings is 1. The second kappa shape index (κ2) is 7.53. The molecule has 4 aliphatic heterocycles. The number of amides is 3. The number of anilines is 2. The topological polar surface area (TPSA) is 111 Å². The van der Waals surface area contributed by atoms with Gasteiger partial charge in [-0.1, -0.05) is 24.3 Å². The molecule has 36 heavy (non-hydrogen) atoms. The van der Waals surface area contributed by atoms with Crippen LogP contribution in [0.15, 0.2) is 48.7 Å². The highest BCUT2D eigenvalue weighted by atomic mass is 32.1. The minimum Gasteiger partial charge on any atom is -0.454 e. The molecule has 5 heterocycles. The van der Waals surface area contributed by atoms with E-state index >= 15 is 0 Å². The van der Waals surface area contributed by atoms with Gasteiger partial charge < -0.3 is 24.6 Å². The highest BCUT2D eigenvalue weighted by Crippen LogP contribution is 2.44. The van der Waals surface area contributed by atoms with Crippen LogP contribution in [0.3, 0.4) is 0 Å². The molecule has 178 valence electrons. The van der Waals surface area contributed by atoms with Crippen molar-refractivity contribution in [1.82, 2.24) is 14.8 Å². The Kier molecular flexibility index (Phi) is 4.37. The first-order chi connectivity index (χ1) is 17.5. The molecule has 0 saturated carbocycles. The molecule has 3 atom stereocenters. The van der Waals surface area contributed by atoms with Gasteiger partial charge in [-0.25, -0.2) is 14.7 Å². The maximum absolute atomic E-state index is 13.7. The van der Waals surface area contributed by atoms with Gasteiger partial charge in [0.1, 0.15) is 17.8 Å². The van der Waals surface area contributed by atoms with E-state index in [4.69, 9.17) is 21.7 Å². The van der Waals surface area contributed by atoms with Crippen LogP contribution in [0, 0.1) is 11.3 Å². The summed E-state index contributed by atoms with van der Waals surface area (Å²) < 4.78 is 10.8. The number of rotatable bonds is 2. The van der Waals surface area contributed by atoms with Gasteiger partial charge in [-0.15, -0.1) is 0 Å². The number of fused-ring (bicyclic) bond motifs is 7. The summed E-state index contributed by atoms with van der Waals surface area (Å²) in [7, 11) is 0. The van der Waals surface area contributed by atoms with Gasteiger partial charge in [-0.3, -0.25) is 4.79 Å². The molecule has 0 aliphatic carbocycles. The van der Waals surface area contributed by atoms with Crippen LogP contribution in [0.1, 0.15) is 12.1 Å². The van der Waals surface area contributed by atoms with Crippen molar-refractivity contribution in [3.8, 4) is 17.6 Å². The first kappa shape index (κ1) is 20.9. The molecule has 4 aliphatic rings. The van der Waals surface area contributed by atoms with Crippen molar-refractivity contribution in [2.45, 2.75) is 24.5 Å². The van der Waals surface area contributed by atoms with E-state index in [1.807, 2.05) is 29.2 Å². The Bertz CT molecular complexity index is 1540. The quantitative estimate of drug-likeness (QED) is 0.421. The Morgan fingerprint density at radius 3 is 2.78 bits per heavy atom. The van der Waals surface area contributed by atoms with Crippen molar-refractivity contribution in [3.05, 3.63) is 54.4 Å². The molecular formula is C25H18N6O4S. The fraction of sp³-hybridized carbons (Fsp3) is 0.240. The van der Waals surface area contributed by atoms with Crippen LogP contribution in [-0.2, 0) is 4.79 Å². The zero-order chi connectivity index (χ0) is 24.6. The number of benzene rings is 2. The van der Waals surface area contributed by atoms with Gasteiger partial charge in [0.15, 0.2) is 16.6 Å². The predicted molar refractivity (Wildman–Crippen MR) is 133 cm³/mol. The summed E-state index contributed by atoms with van der Waals surface area (Å²) in [6.45, 7) is 0.726. The predicted octanol–water partition coefficient (Wildman–Crippen LogP) is 2.83. The Balaban J connectivity index is 1.17. The molecule has 0 radical (unpaired) electrons. The third-order valence-electron chi connectivity index (χ3n) is 7.27. The van der Waals surface area contributed by atoms with Crippen molar-refractivity contribution in [3.63, 3.8) is 0 Å². The van der Waals surface area contributed by atoms with E-state index in [1.54, 1.807) is 23.1 Å². The summed E-state index contributed by atoms with van der Waals surface area (Å²) in [6, 6.07) is 13.4. The number of urea groups is 1. The maximum atomic E-state index is 13.7. The molecule has 10 nitrogen and oxygen atoms in total. The van der Waals surface area contributed by atoms with Gasteiger partial charge in [-0.05, 0) is 30.8 Å². The number of hydrogen-bond acceptors (Lipinski definition) is 7. The summed E-state index contributed by atoms with van der Waals surface area (Å²) in [5.74, 6) is 1.02. The van der Waals surface area contributed by atoms with E-state index in [0.717, 1.165) is 5.69 Å². The smallest absolute Gasteiger partial charge is 0.332 e. The molecular weight excluding hydrogens is 480 g/mol. The van der Waals surface area contributed by atoms with Crippen LogP contribution in [0.2, 0.25) is 0 Å². The number of nitrogens with zero attached hydrogens (tertiary/aromatic N) is 5. The highest BCUT2D eigenvalue weighted by molar-refractivity contribution is 7.80.